The van der Waals surface area contributed by atoms with Crippen molar-refractivity contribution in [3.8, 4) is 0 Å². The van der Waals surface area contributed by atoms with Crippen molar-refractivity contribution in [2.24, 2.45) is 0 Å². The molecule has 2 heteroatoms. The van der Waals surface area contributed by atoms with E-state index in [2.05, 4.69) is 6.58 Å². The number of carbonyl (C=O) groups is 1. The molecule has 2 nitrogen and oxygen atoms in total. The highest BCUT2D eigenvalue weighted by molar-refractivity contribution is 5.69. The molecule has 58 valence electrons. The third-order valence-electron chi connectivity index (χ3n) is 1.23. The second-order valence-corrected chi connectivity index (χ2v) is 2.12. The Morgan fingerprint density at radius 3 is 2.40 bits per heavy atom. The summed E-state index contributed by atoms with van der Waals surface area (Å²) in [6, 6.07) is 0. The van der Waals surface area contributed by atoms with E-state index in [1.807, 2.05) is 6.92 Å². The standard InChI is InChI=1S/C8H14O2/c1-4-7(3)6-10-8(9)5-2/h3-6H2,1-2H3. The lowest BCUT2D eigenvalue weighted by atomic mass is 10.2. The van der Waals surface area contributed by atoms with Crippen LogP contribution in [0.25, 0.3) is 0 Å². The minimum Gasteiger partial charge on any atom is -0.461 e. The summed E-state index contributed by atoms with van der Waals surface area (Å²) in [4.78, 5) is 10.6. The van der Waals surface area contributed by atoms with Gasteiger partial charge in [0.15, 0.2) is 0 Å². The first-order chi connectivity index (χ1) is 4.70. The third kappa shape index (κ3) is 4.13. The maximum atomic E-state index is 10.6. The molecule has 0 bridgehead atoms. The van der Waals surface area contributed by atoms with Crippen LogP contribution in [-0.2, 0) is 9.53 Å². The Kier molecular flexibility index (Phi) is 4.63. The largest absolute Gasteiger partial charge is 0.461 e. The van der Waals surface area contributed by atoms with E-state index in [1.54, 1.807) is 6.92 Å². The molecule has 10 heavy (non-hydrogen) atoms. The quantitative estimate of drug-likeness (QED) is 0.442. The van der Waals surface area contributed by atoms with Gasteiger partial charge in [0.1, 0.15) is 6.61 Å². The molecule has 0 aromatic heterocycles. The van der Waals surface area contributed by atoms with Crippen LogP contribution in [0.5, 0.6) is 0 Å². The second-order valence-electron chi connectivity index (χ2n) is 2.12. The zero-order chi connectivity index (χ0) is 7.98. The van der Waals surface area contributed by atoms with Crippen molar-refractivity contribution in [1.82, 2.24) is 0 Å². The summed E-state index contributed by atoms with van der Waals surface area (Å²) < 4.78 is 4.81. The van der Waals surface area contributed by atoms with Gasteiger partial charge < -0.3 is 4.74 Å². The van der Waals surface area contributed by atoms with Crippen LogP contribution >= 0.6 is 0 Å². The average molecular weight is 142 g/mol. The van der Waals surface area contributed by atoms with E-state index < -0.39 is 0 Å². The summed E-state index contributed by atoms with van der Waals surface area (Å²) in [5.41, 5.74) is 0.960. The molecule has 0 unspecified atom stereocenters. The summed E-state index contributed by atoms with van der Waals surface area (Å²) in [5.74, 6) is -0.158. The molecule has 0 aliphatic rings. The molecule has 0 radical (unpaired) electrons. The number of hydrogen-bond donors (Lipinski definition) is 0. The van der Waals surface area contributed by atoms with Gasteiger partial charge in [-0.15, -0.1) is 0 Å². The molecule has 0 saturated carbocycles. The fourth-order valence-electron chi connectivity index (χ4n) is 0.387. The maximum Gasteiger partial charge on any atom is 0.305 e. The van der Waals surface area contributed by atoms with Gasteiger partial charge in [0.25, 0.3) is 0 Å². The monoisotopic (exact) mass is 142 g/mol. The lowest BCUT2D eigenvalue weighted by molar-refractivity contribution is -0.142. The van der Waals surface area contributed by atoms with Crippen molar-refractivity contribution in [3.05, 3.63) is 12.2 Å². The van der Waals surface area contributed by atoms with Crippen LogP contribution in [0.2, 0.25) is 0 Å². The van der Waals surface area contributed by atoms with E-state index in [0.717, 1.165) is 12.0 Å². The zero-order valence-corrected chi connectivity index (χ0v) is 6.64. The highest BCUT2D eigenvalue weighted by Crippen LogP contribution is 1.97. The summed E-state index contributed by atoms with van der Waals surface area (Å²) in [5, 5.41) is 0. The predicted molar refractivity (Wildman–Crippen MR) is 40.7 cm³/mol. The predicted octanol–water partition coefficient (Wildman–Crippen LogP) is 1.91. The van der Waals surface area contributed by atoms with Gasteiger partial charge in [-0.05, 0) is 12.0 Å². The molecular formula is C8H14O2. The normalized spacial score (nSPS) is 9.00. The van der Waals surface area contributed by atoms with Gasteiger partial charge in [-0.1, -0.05) is 20.4 Å². The average Bonchev–Trinajstić information content (AvgIpc) is 1.99. The van der Waals surface area contributed by atoms with Crippen LogP contribution in [0.15, 0.2) is 12.2 Å². The molecule has 0 aromatic carbocycles. The van der Waals surface area contributed by atoms with E-state index in [-0.39, 0.29) is 5.97 Å². The molecule has 0 N–H and O–H groups in total. The van der Waals surface area contributed by atoms with E-state index in [1.165, 1.54) is 0 Å². The Labute approximate surface area is 61.9 Å². The Bertz CT molecular complexity index is 111. The van der Waals surface area contributed by atoms with Crippen LogP contribution in [0, 0.1) is 0 Å². The maximum absolute atomic E-state index is 10.6. The third-order valence-corrected chi connectivity index (χ3v) is 1.23. The van der Waals surface area contributed by atoms with Gasteiger partial charge in [-0.2, -0.15) is 0 Å². The van der Waals surface area contributed by atoms with Gasteiger partial charge >= 0.3 is 5.97 Å². The Morgan fingerprint density at radius 2 is 2.00 bits per heavy atom. The molecule has 0 amide bonds. The van der Waals surface area contributed by atoms with Crippen molar-refractivity contribution in [1.29, 1.82) is 0 Å². The first kappa shape index (κ1) is 9.21. The number of carbonyl (C=O) groups excluding carboxylic acids is 1. The topological polar surface area (TPSA) is 26.3 Å². The minimum absolute atomic E-state index is 0.158. The Hall–Kier alpha value is -0.790. The van der Waals surface area contributed by atoms with Crippen LogP contribution < -0.4 is 0 Å². The van der Waals surface area contributed by atoms with E-state index >= 15 is 0 Å². The molecule has 0 saturated heterocycles. The number of rotatable bonds is 4. The summed E-state index contributed by atoms with van der Waals surface area (Å²) >= 11 is 0. The fraction of sp³-hybridized carbons (Fsp3) is 0.625. The van der Waals surface area contributed by atoms with Crippen LogP contribution in [-0.4, -0.2) is 12.6 Å². The Morgan fingerprint density at radius 1 is 1.40 bits per heavy atom. The highest BCUT2D eigenvalue weighted by Gasteiger charge is 1.97. The van der Waals surface area contributed by atoms with E-state index in [0.29, 0.717) is 13.0 Å². The van der Waals surface area contributed by atoms with Crippen LogP contribution in [0.4, 0.5) is 0 Å². The van der Waals surface area contributed by atoms with Gasteiger partial charge in [0.2, 0.25) is 0 Å². The highest BCUT2D eigenvalue weighted by atomic mass is 16.5. The van der Waals surface area contributed by atoms with E-state index in [9.17, 15) is 4.79 Å². The fourth-order valence-corrected chi connectivity index (χ4v) is 0.387. The molecule has 0 heterocycles. The van der Waals surface area contributed by atoms with Gasteiger partial charge in [0.05, 0.1) is 0 Å². The van der Waals surface area contributed by atoms with E-state index in [4.69, 9.17) is 4.74 Å². The minimum atomic E-state index is -0.158. The summed E-state index contributed by atoms with van der Waals surface area (Å²) in [6.07, 6.45) is 1.31. The zero-order valence-electron chi connectivity index (χ0n) is 6.64. The smallest absolute Gasteiger partial charge is 0.305 e. The van der Waals surface area contributed by atoms with Crippen molar-refractivity contribution < 1.29 is 9.53 Å². The van der Waals surface area contributed by atoms with Crippen molar-refractivity contribution in [3.63, 3.8) is 0 Å². The lowest BCUT2D eigenvalue weighted by Crippen LogP contribution is -2.04. The molecule has 0 rings (SSSR count). The molecule has 0 atom stereocenters. The SMILES string of the molecule is C=C(CC)COC(=O)CC. The molecule has 0 aliphatic heterocycles. The van der Waals surface area contributed by atoms with Crippen molar-refractivity contribution in [2.75, 3.05) is 6.61 Å². The van der Waals surface area contributed by atoms with Gasteiger partial charge in [0, 0.05) is 6.42 Å². The van der Waals surface area contributed by atoms with Crippen LogP contribution in [0.1, 0.15) is 26.7 Å². The molecule has 0 aliphatic carbocycles. The summed E-state index contributed by atoms with van der Waals surface area (Å²) in [6.45, 7) is 7.84. The first-order valence-electron chi connectivity index (χ1n) is 3.53. The Balaban J connectivity index is 3.35. The molecular weight excluding hydrogens is 128 g/mol. The van der Waals surface area contributed by atoms with Crippen molar-refractivity contribution in [2.45, 2.75) is 26.7 Å². The lowest BCUT2D eigenvalue weighted by Gasteiger charge is -2.02. The first-order valence-corrected chi connectivity index (χ1v) is 3.53. The molecule has 0 aromatic rings. The van der Waals surface area contributed by atoms with Crippen LogP contribution in [0.3, 0.4) is 0 Å². The number of hydrogen-bond acceptors (Lipinski definition) is 2. The van der Waals surface area contributed by atoms with Gasteiger partial charge in [-0.3, -0.25) is 4.79 Å². The second kappa shape index (κ2) is 5.03. The summed E-state index contributed by atoms with van der Waals surface area (Å²) in [7, 11) is 0. The van der Waals surface area contributed by atoms with Crippen molar-refractivity contribution >= 4 is 5.97 Å². The number of esters is 1. The molecule has 0 fully saturated rings. The molecule has 0 spiro atoms. The van der Waals surface area contributed by atoms with Gasteiger partial charge in [-0.25, -0.2) is 0 Å². The number of ether oxygens (including phenoxy) is 1.